The molecule has 0 aliphatic carbocycles. The molecule has 0 saturated carbocycles. The molecule has 0 unspecified atom stereocenters. The topological polar surface area (TPSA) is 137 Å². The van der Waals surface area contributed by atoms with Gasteiger partial charge in [-0.3, -0.25) is 9.59 Å². The van der Waals surface area contributed by atoms with Gasteiger partial charge in [0.15, 0.2) is 29.0 Å². The van der Waals surface area contributed by atoms with Crippen LogP contribution in [0.3, 0.4) is 0 Å². The molecule has 4 aromatic rings. The normalized spacial score (nSPS) is 12.8. The lowest BCUT2D eigenvalue weighted by atomic mass is 10.0. The van der Waals surface area contributed by atoms with Crippen molar-refractivity contribution in [2.24, 2.45) is 5.92 Å². The third kappa shape index (κ3) is 5.93. The van der Waals surface area contributed by atoms with Gasteiger partial charge in [0.2, 0.25) is 17.6 Å². The molecule has 1 fully saturated rings. The first kappa shape index (κ1) is 29.3. The van der Waals surface area contributed by atoms with E-state index in [0.29, 0.717) is 42.0 Å². The average Bonchev–Trinajstić information content (AvgIpc) is 2.98. The van der Waals surface area contributed by atoms with Crippen molar-refractivity contribution in [3.8, 4) is 11.5 Å². The Hall–Kier alpha value is -5.17. The van der Waals surface area contributed by atoms with Crippen LogP contribution in [0.2, 0.25) is 0 Å². The Kier molecular flexibility index (Phi) is 8.44. The standard InChI is InChI=1S/C30H28F2N6O5/c1-5-22(39)35-18-8-6-7-15(2)26(18)37-30-34-12-17-9-19(36-29(27(17)38-30)33-11-16-13-43-14-16)28(40)23-24(31)20(41-3)10-21(42-4)25(23)32/h5-10,12,16H,1,11,13-14H2,2-4H3,(H,33,36)(H,35,39)(H,34,37,38). The van der Waals surface area contributed by atoms with Crippen LogP contribution in [0.25, 0.3) is 10.9 Å². The number of pyridine rings is 1. The highest BCUT2D eigenvalue weighted by molar-refractivity contribution is 6.11. The summed E-state index contributed by atoms with van der Waals surface area (Å²) in [6, 6.07) is 7.74. The smallest absolute Gasteiger partial charge is 0.247 e. The third-order valence-electron chi connectivity index (χ3n) is 6.82. The predicted octanol–water partition coefficient (Wildman–Crippen LogP) is 4.79. The molecule has 0 spiro atoms. The van der Waals surface area contributed by atoms with Gasteiger partial charge in [-0.25, -0.2) is 23.7 Å². The van der Waals surface area contributed by atoms with Crippen LogP contribution in [-0.4, -0.2) is 60.6 Å². The van der Waals surface area contributed by atoms with Crippen LogP contribution in [0.5, 0.6) is 11.5 Å². The second-order valence-corrected chi connectivity index (χ2v) is 9.70. The molecule has 2 aromatic heterocycles. The van der Waals surface area contributed by atoms with Gasteiger partial charge in [0, 0.05) is 30.1 Å². The first-order valence-corrected chi connectivity index (χ1v) is 13.2. The fraction of sp³-hybridized carbons (Fsp3) is 0.233. The number of rotatable bonds is 11. The maximum Gasteiger partial charge on any atom is 0.247 e. The molecule has 3 heterocycles. The van der Waals surface area contributed by atoms with Crippen LogP contribution in [0.15, 0.2) is 49.2 Å². The number of ketones is 1. The second kappa shape index (κ2) is 12.4. The lowest BCUT2D eigenvalue weighted by Gasteiger charge is -2.26. The van der Waals surface area contributed by atoms with Crippen molar-refractivity contribution in [1.82, 2.24) is 15.0 Å². The highest BCUT2D eigenvalue weighted by Gasteiger charge is 2.28. The predicted molar refractivity (Wildman–Crippen MR) is 156 cm³/mol. The number of hydrogen-bond acceptors (Lipinski definition) is 10. The number of nitrogens with one attached hydrogen (secondary N) is 3. The molecule has 0 radical (unpaired) electrons. The number of methoxy groups -OCH3 is 2. The lowest BCUT2D eigenvalue weighted by Crippen LogP contribution is -2.33. The first-order valence-electron chi connectivity index (χ1n) is 13.2. The average molecular weight is 591 g/mol. The number of aromatic nitrogens is 3. The van der Waals surface area contributed by atoms with Crippen LogP contribution in [0, 0.1) is 24.5 Å². The lowest BCUT2D eigenvalue weighted by molar-refractivity contribution is -0.111. The summed E-state index contributed by atoms with van der Waals surface area (Å²) >= 11 is 0. The molecule has 3 N–H and O–H groups in total. The number of nitrogens with zero attached hydrogens (tertiary/aromatic N) is 3. The number of hydrogen-bond donors (Lipinski definition) is 3. The summed E-state index contributed by atoms with van der Waals surface area (Å²) in [7, 11) is 2.39. The summed E-state index contributed by atoms with van der Waals surface area (Å²) in [5.41, 5.74) is 1.11. The van der Waals surface area contributed by atoms with E-state index in [9.17, 15) is 9.59 Å². The maximum absolute atomic E-state index is 15.2. The highest BCUT2D eigenvalue weighted by atomic mass is 19.1. The van der Waals surface area contributed by atoms with Crippen LogP contribution < -0.4 is 25.4 Å². The Labute approximate surface area is 245 Å². The number of aryl methyl sites for hydroxylation is 1. The van der Waals surface area contributed by atoms with E-state index in [1.54, 1.807) is 12.1 Å². The van der Waals surface area contributed by atoms with Crippen molar-refractivity contribution in [2.75, 3.05) is 49.9 Å². The molecule has 2 aromatic carbocycles. The minimum absolute atomic E-state index is 0.182. The van der Waals surface area contributed by atoms with Gasteiger partial charge in [0.05, 0.1) is 38.8 Å². The van der Waals surface area contributed by atoms with E-state index in [-0.39, 0.29) is 40.8 Å². The highest BCUT2D eigenvalue weighted by Crippen LogP contribution is 2.34. The van der Waals surface area contributed by atoms with E-state index in [4.69, 9.17) is 14.2 Å². The molecule has 1 saturated heterocycles. The first-order chi connectivity index (χ1) is 20.7. The molecule has 13 heteroatoms. The van der Waals surface area contributed by atoms with Crippen molar-refractivity contribution >= 4 is 45.7 Å². The maximum atomic E-state index is 15.2. The fourth-order valence-electron chi connectivity index (χ4n) is 4.43. The summed E-state index contributed by atoms with van der Waals surface area (Å²) in [6.07, 6.45) is 2.62. The number of fused-ring (bicyclic) bond motifs is 1. The summed E-state index contributed by atoms with van der Waals surface area (Å²) in [4.78, 5) is 38.9. The van der Waals surface area contributed by atoms with E-state index in [1.165, 1.54) is 26.5 Å². The van der Waals surface area contributed by atoms with Crippen molar-refractivity contribution in [2.45, 2.75) is 6.92 Å². The van der Waals surface area contributed by atoms with Crippen molar-refractivity contribution in [3.63, 3.8) is 0 Å². The molecule has 5 rings (SSSR count). The van der Waals surface area contributed by atoms with Gasteiger partial charge >= 0.3 is 0 Å². The van der Waals surface area contributed by atoms with Gasteiger partial charge < -0.3 is 30.2 Å². The van der Waals surface area contributed by atoms with Crippen LogP contribution in [0.4, 0.5) is 31.9 Å². The molecule has 0 atom stereocenters. The van der Waals surface area contributed by atoms with E-state index >= 15 is 8.78 Å². The van der Waals surface area contributed by atoms with Gasteiger partial charge in [-0.1, -0.05) is 18.7 Å². The molecule has 1 aliphatic heterocycles. The van der Waals surface area contributed by atoms with Gasteiger partial charge in [-0.15, -0.1) is 0 Å². The Morgan fingerprint density at radius 3 is 2.47 bits per heavy atom. The molecule has 1 amide bonds. The third-order valence-corrected chi connectivity index (χ3v) is 6.82. The number of para-hydroxylation sites is 1. The van der Waals surface area contributed by atoms with Crippen LogP contribution in [0.1, 0.15) is 21.6 Å². The summed E-state index contributed by atoms with van der Waals surface area (Å²) in [5, 5.41) is 9.47. The Morgan fingerprint density at radius 2 is 1.84 bits per heavy atom. The fourth-order valence-corrected chi connectivity index (χ4v) is 4.43. The summed E-state index contributed by atoms with van der Waals surface area (Å²) in [6.45, 7) is 6.90. The minimum atomic E-state index is -1.18. The van der Waals surface area contributed by atoms with Crippen LogP contribution >= 0.6 is 0 Å². The minimum Gasteiger partial charge on any atom is -0.494 e. The number of carbonyl (C=O) groups excluding carboxylic acids is 2. The van der Waals surface area contributed by atoms with E-state index in [1.807, 2.05) is 13.0 Å². The monoisotopic (exact) mass is 590 g/mol. The van der Waals surface area contributed by atoms with Gasteiger partial charge in [0.1, 0.15) is 16.8 Å². The zero-order chi connectivity index (χ0) is 30.7. The molecule has 0 bridgehead atoms. The quantitative estimate of drug-likeness (QED) is 0.165. The van der Waals surface area contributed by atoms with E-state index in [2.05, 4.69) is 37.5 Å². The van der Waals surface area contributed by atoms with Crippen LogP contribution in [-0.2, 0) is 9.53 Å². The number of benzene rings is 2. The van der Waals surface area contributed by atoms with Gasteiger partial charge in [-0.2, -0.15) is 0 Å². The molecule has 11 nitrogen and oxygen atoms in total. The SMILES string of the molecule is C=CC(=O)Nc1cccc(C)c1Nc1ncc2cc(C(=O)c3c(F)c(OC)cc(OC)c3F)nc(NCC3COC3)c2n1. The van der Waals surface area contributed by atoms with Gasteiger partial charge in [-0.05, 0) is 30.7 Å². The number of halogens is 2. The van der Waals surface area contributed by atoms with E-state index in [0.717, 1.165) is 17.7 Å². The molecule has 43 heavy (non-hydrogen) atoms. The zero-order valence-electron chi connectivity index (χ0n) is 23.6. The zero-order valence-corrected chi connectivity index (χ0v) is 23.6. The summed E-state index contributed by atoms with van der Waals surface area (Å²) in [5.74, 6) is -3.88. The van der Waals surface area contributed by atoms with Gasteiger partial charge in [0.25, 0.3) is 0 Å². The number of carbonyl (C=O) groups is 2. The van der Waals surface area contributed by atoms with Crippen molar-refractivity contribution < 1.29 is 32.6 Å². The van der Waals surface area contributed by atoms with Crippen molar-refractivity contribution in [1.29, 1.82) is 0 Å². The van der Waals surface area contributed by atoms with E-state index < -0.39 is 23.0 Å². The Bertz CT molecular complexity index is 1720. The number of ether oxygens (including phenoxy) is 3. The molecular formula is C30H28F2N6O5. The Morgan fingerprint density at radius 1 is 1.12 bits per heavy atom. The largest absolute Gasteiger partial charge is 0.494 e. The molecular weight excluding hydrogens is 562 g/mol. The second-order valence-electron chi connectivity index (χ2n) is 9.70. The number of anilines is 4. The molecule has 1 aliphatic rings. The van der Waals surface area contributed by atoms with Crippen molar-refractivity contribution in [3.05, 3.63) is 77.6 Å². The number of amides is 1. The Balaban J connectivity index is 1.58. The summed E-state index contributed by atoms with van der Waals surface area (Å²) < 4.78 is 45.6. The molecule has 222 valence electrons.